The Morgan fingerprint density at radius 2 is 1.66 bits per heavy atom. The number of para-hydroxylation sites is 1. The number of rotatable bonds is 4. The summed E-state index contributed by atoms with van der Waals surface area (Å²) in [6.45, 7) is 0.591. The van der Waals surface area contributed by atoms with Gasteiger partial charge in [0.05, 0.1) is 10.2 Å². The Hall–Kier alpha value is -3.26. The molecule has 4 aromatic rings. The molecule has 0 radical (unpaired) electrons. The standard InChI is InChI=1S/C16H15NO2.C9H10N2OS/c1-17-16(18)19-10-15-13-8-4-2-6-11(13)12-7-3-5-9-14(12)15;10-5-7(12)9-11-6-3-1-2-4-8(6)13-9/h2-9,15H,10H2,1H3,(H,17,18);1-4,7,12H,5,10H2. The number of ether oxygens (including phenoxy) is 1. The van der Waals surface area contributed by atoms with Gasteiger partial charge in [-0.05, 0) is 34.4 Å². The van der Waals surface area contributed by atoms with E-state index in [-0.39, 0.29) is 18.6 Å². The van der Waals surface area contributed by atoms with Crippen LogP contribution < -0.4 is 11.1 Å². The zero-order valence-electron chi connectivity index (χ0n) is 17.7. The number of aromatic nitrogens is 1. The Kier molecular flexibility index (Phi) is 6.80. The largest absolute Gasteiger partial charge is 0.449 e. The fourth-order valence-electron chi connectivity index (χ4n) is 3.80. The highest BCUT2D eigenvalue weighted by Gasteiger charge is 2.28. The zero-order valence-corrected chi connectivity index (χ0v) is 18.5. The van der Waals surface area contributed by atoms with E-state index >= 15 is 0 Å². The molecule has 1 amide bonds. The Balaban J connectivity index is 0.000000165. The second-order valence-corrected chi connectivity index (χ2v) is 8.41. The number of nitrogens with zero attached hydrogens (tertiary/aromatic N) is 1. The zero-order chi connectivity index (χ0) is 22.5. The average Bonchev–Trinajstić information content (AvgIpc) is 3.42. The minimum absolute atomic E-state index is 0.129. The number of nitrogens with one attached hydrogen (secondary N) is 1. The van der Waals surface area contributed by atoms with Crippen LogP contribution in [-0.4, -0.2) is 36.4 Å². The summed E-state index contributed by atoms with van der Waals surface area (Å²) in [5.41, 5.74) is 11.2. The molecule has 0 bridgehead atoms. The van der Waals surface area contributed by atoms with Gasteiger partial charge in [-0.1, -0.05) is 60.7 Å². The van der Waals surface area contributed by atoms with Crippen molar-refractivity contribution in [3.8, 4) is 11.1 Å². The van der Waals surface area contributed by atoms with Crippen LogP contribution in [0.25, 0.3) is 21.3 Å². The van der Waals surface area contributed by atoms with Crippen LogP contribution in [0.4, 0.5) is 4.79 Å². The molecule has 1 aliphatic carbocycles. The number of thiazole rings is 1. The molecule has 1 aromatic heterocycles. The maximum Gasteiger partial charge on any atom is 0.406 e. The summed E-state index contributed by atoms with van der Waals surface area (Å²) in [6.07, 6.45) is -1.01. The van der Waals surface area contributed by atoms with Crippen LogP contribution in [0.15, 0.2) is 72.8 Å². The molecule has 0 saturated carbocycles. The lowest BCUT2D eigenvalue weighted by Gasteiger charge is -2.13. The monoisotopic (exact) mass is 447 g/mol. The van der Waals surface area contributed by atoms with Gasteiger partial charge >= 0.3 is 6.09 Å². The van der Waals surface area contributed by atoms with Gasteiger partial charge in [-0.3, -0.25) is 0 Å². The first kappa shape index (κ1) is 22.0. The number of carbonyl (C=O) groups is 1. The predicted molar refractivity (Wildman–Crippen MR) is 128 cm³/mol. The van der Waals surface area contributed by atoms with Crippen molar-refractivity contribution in [2.75, 3.05) is 20.2 Å². The molecule has 0 aliphatic heterocycles. The first-order chi connectivity index (χ1) is 15.6. The summed E-state index contributed by atoms with van der Waals surface area (Å²) in [5.74, 6) is 0.129. The quantitative estimate of drug-likeness (QED) is 0.430. The van der Waals surface area contributed by atoms with Gasteiger partial charge in [0.25, 0.3) is 0 Å². The summed E-state index contributed by atoms with van der Waals surface area (Å²) in [6, 6.07) is 24.4. The summed E-state index contributed by atoms with van der Waals surface area (Å²) in [7, 11) is 1.57. The predicted octanol–water partition coefficient (Wildman–Crippen LogP) is 4.44. The first-order valence-corrected chi connectivity index (χ1v) is 11.2. The molecule has 0 fully saturated rings. The van der Waals surface area contributed by atoms with Gasteiger partial charge in [0.1, 0.15) is 17.7 Å². The topological polar surface area (TPSA) is 97.5 Å². The van der Waals surface area contributed by atoms with Crippen LogP contribution in [0, 0.1) is 0 Å². The number of nitrogens with two attached hydrogens (primary N) is 1. The second kappa shape index (κ2) is 9.91. The van der Waals surface area contributed by atoms with E-state index in [9.17, 15) is 9.90 Å². The highest BCUT2D eigenvalue weighted by atomic mass is 32.1. The van der Waals surface area contributed by atoms with Crippen molar-refractivity contribution < 1.29 is 14.6 Å². The third-order valence-corrected chi connectivity index (χ3v) is 6.50. The average molecular weight is 448 g/mol. The lowest BCUT2D eigenvalue weighted by molar-refractivity contribution is 0.145. The summed E-state index contributed by atoms with van der Waals surface area (Å²) in [5, 5.41) is 12.6. The van der Waals surface area contributed by atoms with E-state index in [0.717, 1.165) is 10.2 Å². The number of aliphatic hydroxyl groups excluding tert-OH is 1. The second-order valence-electron chi connectivity index (χ2n) is 7.35. The molecule has 164 valence electrons. The fourth-order valence-corrected chi connectivity index (χ4v) is 4.77. The summed E-state index contributed by atoms with van der Waals surface area (Å²) >= 11 is 1.49. The van der Waals surface area contributed by atoms with Crippen molar-refractivity contribution in [2.24, 2.45) is 5.73 Å². The number of carbonyl (C=O) groups excluding carboxylic acids is 1. The Bertz CT molecular complexity index is 1150. The van der Waals surface area contributed by atoms with Crippen LogP contribution in [0.1, 0.15) is 28.2 Å². The first-order valence-electron chi connectivity index (χ1n) is 10.4. The van der Waals surface area contributed by atoms with E-state index in [2.05, 4.69) is 34.6 Å². The summed E-state index contributed by atoms with van der Waals surface area (Å²) in [4.78, 5) is 15.5. The minimum Gasteiger partial charge on any atom is -0.449 e. The van der Waals surface area contributed by atoms with Crippen molar-refractivity contribution in [3.05, 3.63) is 88.9 Å². The molecule has 1 heterocycles. The number of fused-ring (bicyclic) bond motifs is 4. The van der Waals surface area contributed by atoms with Gasteiger partial charge in [-0.15, -0.1) is 11.3 Å². The van der Waals surface area contributed by atoms with Crippen LogP contribution in [-0.2, 0) is 4.74 Å². The van der Waals surface area contributed by atoms with Crippen molar-refractivity contribution in [2.45, 2.75) is 12.0 Å². The Morgan fingerprint density at radius 1 is 1.06 bits per heavy atom. The highest BCUT2D eigenvalue weighted by molar-refractivity contribution is 7.18. The SMILES string of the molecule is CNC(=O)OCC1c2ccccc2-c2ccccc21.NCC(O)c1nc2ccccc2s1. The molecule has 3 aromatic carbocycles. The Morgan fingerprint density at radius 3 is 2.25 bits per heavy atom. The fraction of sp³-hybridized carbons (Fsp3) is 0.200. The van der Waals surface area contributed by atoms with E-state index in [0.29, 0.717) is 11.6 Å². The van der Waals surface area contributed by atoms with E-state index in [1.54, 1.807) is 7.05 Å². The molecular weight excluding hydrogens is 422 g/mol. The van der Waals surface area contributed by atoms with Gasteiger partial charge in [0.2, 0.25) is 0 Å². The normalized spacial score (nSPS) is 13.0. The van der Waals surface area contributed by atoms with E-state index in [1.807, 2.05) is 48.5 Å². The van der Waals surface area contributed by atoms with Crippen LogP contribution in [0.3, 0.4) is 0 Å². The molecule has 0 saturated heterocycles. The lowest BCUT2D eigenvalue weighted by atomic mass is 9.98. The van der Waals surface area contributed by atoms with E-state index in [4.69, 9.17) is 10.5 Å². The Labute approximate surface area is 190 Å². The molecule has 32 heavy (non-hydrogen) atoms. The van der Waals surface area contributed by atoms with Crippen molar-refractivity contribution in [3.63, 3.8) is 0 Å². The molecule has 5 rings (SSSR count). The van der Waals surface area contributed by atoms with Gasteiger partial charge < -0.3 is 20.9 Å². The van der Waals surface area contributed by atoms with Crippen molar-refractivity contribution in [1.29, 1.82) is 0 Å². The van der Waals surface area contributed by atoms with Crippen LogP contribution in [0.5, 0.6) is 0 Å². The molecule has 6 nitrogen and oxygen atoms in total. The molecule has 1 unspecified atom stereocenters. The van der Waals surface area contributed by atoms with Gasteiger partial charge in [0, 0.05) is 19.5 Å². The molecule has 0 spiro atoms. The lowest BCUT2D eigenvalue weighted by Crippen LogP contribution is -2.21. The number of hydrogen-bond acceptors (Lipinski definition) is 6. The number of alkyl carbamates (subject to hydrolysis) is 1. The molecule has 4 N–H and O–H groups in total. The maximum absolute atomic E-state index is 11.3. The van der Waals surface area contributed by atoms with Crippen LogP contribution in [0.2, 0.25) is 0 Å². The van der Waals surface area contributed by atoms with Crippen molar-refractivity contribution in [1.82, 2.24) is 10.3 Å². The molecule has 1 aliphatic rings. The maximum atomic E-state index is 11.3. The van der Waals surface area contributed by atoms with Gasteiger partial charge in [0.15, 0.2) is 0 Å². The molecule has 1 atom stereocenters. The number of benzene rings is 3. The summed E-state index contributed by atoms with van der Waals surface area (Å²) < 4.78 is 6.33. The highest BCUT2D eigenvalue weighted by Crippen LogP contribution is 2.44. The number of hydrogen-bond donors (Lipinski definition) is 3. The van der Waals surface area contributed by atoms with Crippen molar-refractivity contribution >= 4 is 27.6 Å². The molecule has 7 heteroatoms. The smallest absolute Gasteiger partial charge is 0.406 e. The number of aliphatic hydroxyl groups is 1. The third-order valence-electron chi connectivity index (χ3n) is 5.37. The third kappa shape index (κ3) is 4.50. The van der Waals surface area contributed by atoms with E-state index in [1.165, 1.54) is 33.6 Å². The minimum atomic E-state index is -0.627. The number of amides is 1. The molecular formula is C25H25N3O3S. The van der Waals surface area contributed by atoms with Crippen LogP contribution >= 0.6 is 11.3 Å². The van der Waals surface area contributed by atoms with Gasteiger partial charge in [-0.2, -0.15) is 0 Å². The van der Waals surface area contributed by atoms with E-state index < -0.39 is 6.10 Å². The van der Waals surface area contributed by atoms with Gasteiger partial charge in [-0.25, -0.2) is 9.78 Å².